The van der Waals surface area contributed by atoms with Gasteiger partial charge in [-0.25, -0.2) is 0 Å². The van der Waals surface area contributed by atoms with Gasteiger partial charge in [-0.1, -0.05) is 26.0 Å². The molecule has 4 heteroatoms. The Morgan fingerprint density at radius 2 is 2.05 bits per heavy atom. The summed E-state index contributed by atoms with van der Waals surface area (Å²) in [6.07, 6.45) is 1.74. The first-order chi connectivity index (χ1) is 8.76. The predicted molar refractivity (Wildman–Crippen MR) is 70.2 cm³/mol. The van der Waals surface area contributed by atoms with E-state index in [-0.39, 0.29) is 24.5 Å². The maximum atomic E-state index is 11.0. The molecular weight excluding hydrogens is 244 g/mol. The van der Waals surface area contributed by atoms with Crippen LogP contribution in [0.25, 0.3) is 0 Å². The highest BCUT2D eigenvalue weighted by Gasteiger charge is 2.64. The summed E-state index contributed by atoms with van der Waals surface area (Å²) in [7, 11) is 0. The van der Waals surface area contributed by atoms with Crippen molar-refractivity contribution in [3.05, 3.63) is 23.3 Å². The lowest BCUT2D eigenvalue weighted by molar-refractivity contribution is -0.251. The second kappa shape index (κ2) is 3.70. The fourth-order valence-electron chi connectivity index (χ4n) is 4.00. The van der Waals surface area contributed by atoms with Crippen molar-refractivity contribution in [2.75, 3.05) is 13.2 Å². The van der Waals surface area contributed by atoms with E-state index in [9.17, 15) is 15.3 Å². The van der Waals surface area contributed by atoms with E-state index in [4.69, 9.17) is 4.74 Å². The van der Waals surface area contributed by atoms with Gasteiger partial charge in [0.25, 0.3) is 0 Å². The molecule has 3 rings (SSSR count). The predicted octanol–water partition coefficient (Wildman–Crippen LogP) is 1.12. The molecule has 3 aliphatic rings. The van der Waals surface area contributed by atoms with Crippen molar-refractivity contribution in [1.82, 2.24) is 0 Å². The van der Waals surface area contributed by atoms with Crippen LogP contribution in [0.4, 0.5) is 0 Å². The quantitative estimate of drug-likeness (QED) is 0.622. The molecule has 19 heavy (non-hydrogen) atoms. The van der Waals surface area contributed by atoms with Gasteiger partial charge in [-0.2, -0.15) is 0 Å². The van der Waals surface area contributed by atoms with E-state index < -0.39 is 11.4 Å². The summed E-state index contributed by atoms with van der Waals surface area (Å²) in [5.41, 5.74) is 0.796. The Kier molecular flexibility index (Phi) is 2.59. The van der Waals surface area contributed by atoms with Gasteiger partial charge in [-0.05, 0) is 35.3 Å². The molecule has 1 aliphatic heterocycles. The molecule has 1 fully saturated rings. The minimum Gasteiger partial charge on any atom is -0.396 e. The minimum absolute atomic E-state index is 0.0779. The summed E-state index contributed by atoms with van der Waals surface area (Å²) in [5.74, 6) is -1.40. The third-order valence-electron chi connectivity index (χ3n) is 5.17. The third kappa shape index (κ3) is 1.49. The Balaban J connectivity index is 2.12. The Labute approximate surface area is 113 Å². The SMILES string of the molecule is C=C1COC2(O)CC(C)C3=C(CC(C)(CO)C3)C12O. The van der Waals surface area contributed by atoms with Crippen molar-refractivity contribution < 1.29 is 20.1 Å². The maximum absolute atomic E-state index is 11.0. The fraction of sp³-hybridized carbons (Fsp3) is 0.733. The van der Waals surface area contributed by atoms with E-state index in [0.717, 1.165) is 17.6 Å². The summed E-state index contributed by atoms with van der Waals surface area (Å²) >= 11 is 0. The third-order valence-corrected chi connectivity index (χ3v) is 5.17. The average molecular weight is 266 g/mol. The lowest BCUT2D eigenvalue weighted by atomic mass is 9.69. The summed E-state index contributed by atoms with van der Waals surface area (Å²) in [5, 5.41) is 31.3. The topological polar surface area (TPSA) is 69.9 Å². The van der Waals surface area contributed by atoms with Gasteiger partial charge in [0.15, 0.2) is 5.60 Å². The van der Waals surface area contributed by atoms with Crippen LogP contribution in [-0.2, 0) is 4.74 Å². The molecule has 0 aromatic carbocycles. The Bertz CT molecular complexity index is 483. The molecule has 0 aromatic heterocycles. The molecule has 0 spiro atoms. The van der Waals surface area contributed by atoms with Crippen molar-refractivity contribution in [3.8, 4) is 0 Å². The van der Waals surface area contributed by atoms with Gasteiger partial charge in [-0.3, -0.25) is 0 Å². The summed E-state index contributed by atoms with van der Waals surface area (Å²) in [6.45, 7) is 8.20. The van der Waals surface area contributed by atoms with E-state index in [1.807, 2.05) is 13.8 Å². The number of hydrogen-bond acceptors (Lipinski definition) is 4. The van der Waals surface area contributed by atoms with E-state index in [1.54, 1.807) is 0 Å². The molecule has 0 radical (unpaired) electrons. The second-order valence-corrected chi connectivity index (χ2v) is 6.82. The van der Waals surface area contributed by atoms with Crippen molar-refractivity contribution in [3.63, 3.8) is 0 Å². The molecule has 3 N–H and O–H groups in total. The highest BCUT2D eigenvalue weighted by atomic mass is 16.6. The zero-order chi connectivity index (χ0) is 14.1. The Hall–Kier alpha value is -0.680. The number of allylic oxidation sites excluding steroid dienone is 1. The highest BCUT2D eigenvalue weighted by Crippen LogP contribution is 2.59. The van der Waals surface area contributed by atoms with Gasteiger partial charge in [0, 0.05) is 13.0 Å². The molecule has 4 atom stereocenters. The van der Waals surface area contributed by atoms with Crippen LogP contribution in [0.2, 0.25) is 0 Å². The van der Waals surface area contributed by atoms with Gasteiger partial charge in [-0.15, -0.1) is 0 Å². The maximum Gasteiger partial charge on any atom is 0.203 e. The molecule has 4 unspecified atom stereocenters. The summed E-state index contributed by atoms with van der Waals surface area (Å²) in [4.78, 5) is 0. The van der Waals surface area contributed by atoms with Crippen LogP contribution in [0.15, 0.2) is 23.3 Å². The van der Waals surface area contributed by atoms with E-state index in [0.29, 0.717) is 18.4 Å². The zero-order valence-electron chi connectivity index (χ0n) is 11.6. The van der Waals surface area contributed by atoms with Crippen LogP contribution in [0.5, 0.6) is 0 Å². The van der Waals surface area contributed by atoms with Crippen molar-refractivity contribution >= 4 is 0 Å². The minimum atomic E-state index is -1.55. The number of hydrogen-bond donors (Lipinski definition) is 3. The molecule has 1 heterocycles. The molecular formula is C15H22O4. The molecule has 4 nitrogen and oxygen atoms in total. The second-order valence-electron chi connectivity index (χ2n) is 6.82. The fourth-order valence-corrected chi connectivity index (χ4v) is 4.00. The normalized spacial score (nSPS) is 49.5. The summed E-state index contributed by atoms with van der Waals surface area (Å²) in [6, 6.07) is 0. The van der Waals surface area contributed by atoms with Gasteiger partial charge in [0.1, 0.15) is 0 Å². The average Bonchev–Trinajstić information content (AvgIpc) is 2.82. The van der Waals surface area contributed by atoms with Crippen LogP contribution in [0.3, 0.4) is 0 Å². The molecule has 0 aromatic rings. The van der Waals surface area contributed by atoms with Gasteiger partial charge in [0.2, 0.25) is 5.79 Å². The van der Waals surface area contributed by atoms with E-state index in [2.05, 4.69) is 6.58 Å². The molecule has 1 saturated heterocycles. The van der Waals surface area contributed by atoms with Gasteiger partial charge >= 0.3 is 0 Å². The lowest BCUT2D eigenvalue weighted by Crippen LogP contribution is -2.56. The van der Waals surface area contributed by atoms with Crippen molar-refractivity contribution in [1.29, 1.82) is 0 Å². The first-order valence-electron chi connectivity index (χ1n) is 6.86. The van der Waals surface area contributed by atoms with E-state index >= 15 is 0 Å². The number of fused-ring (bicyclic) bond motifs is 2. The molecule has 2 aliphatic carbocycles. The molecule has 0 saturated carbocycles. The van der Waals surface area contributed by atoms with Crippen LogP contribution >= 0.6 is 0 Å². The monoisotopic (exact) mass is 266 g/mol. The molecule has 106 valence electrons. The largest absolute Gasteiger partial charge is 0.396 e. The molecule has 0 amide bonds. The smallest absolute Gasteiger partial charge is 0.203 e. The first-order valence-corrected chi connectivity index (χ1v) is 6.86. The number of aliphatic hydroxyl groups excluding tert-OH is 1. The Morgan fingerprint density at radius 3 is 2.68 bits per heavy atom. The van der Waals surface area contributed by atoms with Crippen LogP contribution in [-0.4, -0.2) is 39.9 Å². The van der Waals surface area contributed by atoms with E-state index in [1.165, 1.54) is 0 Å². The van der Waals surface area contributed by atoms with Crippen molar-refractivity contribution in [2.24, 2.45) is 11.3 Å². The Morgan fingerprint density at radius 1 is 1.37 bits per heavy atom. The highest BCUT2D eigenvalue weighted by molar-refractivity contribution is 5.47. The standard InChI is InChI=1S/C15H22O4/c1-9-4-14(17)15(18,10(2)7-19-14)12-6-13(3,8-16)5-11(9)12/h9,16-18H,2,4-8H2,1,3H3. The number of aliphatic hydroxyl groups is 3. The van der Waals surface area contributed by atoms with Crippen LogP contribution < -0.4 is 0 Å². The zero-order valence-corrected chi connectivity index (χ0v) is 11.6. The summed E-state index contributed by atoms with van der Waals surface area (Å²) < 4.78 is 5.45. The number of ether oxygens (including phenoxy) is 1. The first kappa shape index (κ1) is 13.3. The van der Waals surface area contributed by atoms with Crippen molar-refractivity contribution in [2.45, 2.75) is 44.5 Å². The lowest BCUT2D eigenvalue weighted by Gasteiger charge is -2.44. The van der Waals surface area contributed by atoms with Gasteiger partial charge < -0.3 is 20.1 Å². The van der Waals surface area contributed by atoms with Gasteiger partial charge in [0.05, 0.1) is 6.61 Å². The van der Waals surface area contributed by atoms with Crippen LogP contribution in [0, 0.1) is 11.3 Å². The number of rotatable bonds is 1. The van der Waals surface area contributed by atoms with Crippen LogP contribution in [0.1, 0.15) is 33.1 Å². The molecule has 0 bridgehead atoms.